The molecule has 0 aliphatic carbocycles. The highest BCUT2D eigenvalue weighted by Gasteiger charge is 2.20. The molecule has 0 amide bonds. The third-order valence-corrected chi connectivity index (χ3v) is 4.57. The standard InChI is InChI=1S/C14H16BrN3/c15-9-11-5-7-18(8-6-11)14-12-3-1-2-4-13(12)16-10-17-14/h1-4,10-11H,5-9H2. The molecule has 1 aliphatic rings. The summed E-state index contributed by atoms with van der Waals surface area (Å²) in [6, 6.07) is 8.24. The summed E-state index contributed by atoms with van der Waals surface area (Å²) in [6.07, 6.45) is 4.15. The van der Waals surface area contributed by atoms with Gasteiger partial charge in [0.15, 0.2) is 0 Å². The van der Waals surface area contributed by atoms with Crippen LogP contribution >= 0.6 is 15.9 Å². The number of aromatic nitrogens is 2. The van der Waals surface area contributed by atoms with E-state index in [0.29, 0.717) is 0 Å². The lowest BCUT2D eigenvalue weighted by atomic mass is 9.99. The minimum absolute atomic E-state index is 0.814. The zero-order valence-electron chi connectivity index (χ0n) is 10.2. The molecule has 94 valence electrons. The molecule has 0 bridgehead atoms. The van der Waals surface area contributed by atoms with Crippen LogP contribution in [-0.2, 0) is 0 Å². The largest absolute Gasteiger partial charge is 0.356 e. The molecule has 1 aromatic carbocycles. The normalized spacial score (nSPS) is 17.3. The van der Waals surface area contributed by atoms with Crippen molar-refractivity contribution >= 4 is 32.7 Å². The van der Waals surface area contributed by atoms with Crippen molar-refractivity contribution < 1.29 is 0 Å². The predicted octanol–water partition coefficient (Wildman–Crippen LogP) is 3.24. The third kappa shape index (κ3) is 2.21. The summed E-state index contributed by atoms with van der Waals surface area (Å²) < 4.78 is 0. The van der Waals surface area contributed by atoms with Crippen molar-refractivity contribution in [2.75, 3.05) is 23.3 Å². The first kappa shape index (κ1) is 11.9. The molecule has 1 aliphatic heterocycles. The Balaban J connectivity index is 1.91. The number of para-hydroxylation sites is 1. The second-order valence-electron chi connectivity index (χ2n) is 4.80. The summed E-state index contributed by atoms with van der Waals surface area (Å²) >= 11 is 3.58. The Bertz CT molecular complexity index is 530. The highest BCUT2D eigenvalue weighted by Crippen LogP contribution is 2.27. The minimum atomic E-state index is 0.814. The van der Waals surface area contributed by atoms with E-state index in [9.17, 15) is 0 Å². The number of hydrogen-bond acceptors (Lipinski definition) is 3. The molecule has 1 fully saturated rings. The Morgan fingerprint density at radius 2 is 1.94 bits per heavy atom. The topological polar surface area (TPSA) is 29.0 Å². The van der Waals surface area contributed by atoms with Crippen LogP contribution in [0.4, 0.5) is 5.82 Å². The van der Waals surface area contributed by atoms with Crippen molar-refractivity contribution in [3.8, 4) is 0 Å². The van der Waals surface area contributed by atoms with Gasteiger partial charge in [0, 0.05) is 23.8 Å². The van der Waals surface area contributed by atoms with E-state index in [1.54, 1.807) is 6.33 Å². The quantitative estimate of drug-likeness (QED) is 0.798. The molecule has 0 spiro atoms. The lowest BCUT2D eigenvalue weighted by Crippen LogP contribution is -2.34. The number of halogens is 1. The highest BCUT2D eigenvalue weighted by molar-refractivity contribution is 9.09. The average molecular weight is 306 g/mol. The molecule has 3 nitrogen and oxygen atoms in total. The van der Waals surface area contributed by atoms with E-state index in [1.165, 1.54) is 12.8 Å². The van der Waals surface area contributed by atoms with Crippen molar-refractivity contribution in [3.63, 3.8) is 0 Å². The first-order valence-corrected chi connectivity index (χ1v) is 7.51. The summed E-state index contributed by atoms with van der Waals surface area (Å²) in [6.45, 7) is 2.19. The number of fused-ring (bicyclic) bond motifs is 1. The van der Waals surface area contributed by atoms with Crippen LogP contribution in [0.25, 0.3) is 10.9 Å². The van der Waals surface area contributed by atoms with Gasteiger partial charge < -0.3 is 4.90 Å². The number of rotatable bonds is 2. The lowest BCUT2D eigenvalue weighted by molar-refractivity contribution is 0.446. The fourth-order valence-electron chi connectivity index (χ4n) is 2.54. The van der Waals surface area contributed by atoms with Crippen LogP contribution in [0.1, 0.15) is 12.8 Å². The Kier molecular flexibility index (Phi) is 3.46. The van der Waals surface area contributed by atoms with Crippen LogP contribution in [0.15, 0.2) is 30.6 Å². The Morgan fingerprint density at radius 1 is 1.17 bits per heavy atom. The molecule has 0 N–H and O–H groups in total. The summed E-state index contributed by atoms with van der Waals surface area (Å²) in [5, 5.41) is 2.28. The van der Waals surface area contributed by atoms with Gasteiger partial charge >= 0.3 is 0 Å². The molecule has 3 rings (SSSR count). The monoisotopic (exact) mass is 305 g/mol. The smallest absolute Gasteiger partial charge is 0.139 e. The number of hydrogen-bond donors (Lipinski definition) is 0. The molecule has 0 atom stereocenters. The first-order valence-electron chi connectivity index (χ1n) is 6.39. The molecular formula is C14H16BrN3. The van der Waals surface area contributed by atoms with E-state index in [-0.39, 0.29) is 0 Å². The van der Waals surface area contributed by atoms with Crippen molar-refractivity contribution in [3.05, 3.63) is 30.6 Å². The van der Waals surface area contributed by atoms with Gasteiger partial charge in [-0.3, -0.25) is 0 Å². The Hall–Kier alpha value is -1.16. The van der Waals surface area contributed by atoms with Gasteiger partial charge in [-0.05, 0) is 30.9 Å². The molecule has 4 heteroatoms. The second kappa shape index (κ2) is 5.22. The number of alkyl halides is 1. The molecule has 1 saturated heterocycles. The van der Waals surface area contributed by atoms with E-state index in [0.717, 1.165) is 41.1 Å². The average Bonchev–Trinajstić information content (AvgIpc) is 2.47. The molecule has 18 heavy (non-hydrogen) atoms. The number of nitrogens with zero attached hydrogens (tertiary/aromatic N) is 3. The number of piperidine rings is 1. The van der Waals surface area contributed by atoms with Gasteiger partial charge in [-0.15, -0.1) is 0 Å². The molecular weight excluding hydrogens is 290 g/mol. The van der Waals surface area contributed by atoms with Gasteiger partial charge in [0.05, 0.1) is 5.52 Å². The molecule has 0 saturated carbocycles. The highest BCUT2D eigenvalue weighted by atomic mass is 79.9. The SMILES string of the molecule is BrCC1CCN(c2ncnc3ccccc23)CC1. The van der Waals surface area contributed by atoms with Crippen LogP contribution in [0.5, 0.6) is 0 Å². The maximum absolute atomic E-state index is 4.48. The maximum atomic E-state index is 4.48. The molecule has 1 aromatic heterocycles. The maximum Gasteiger partial charge on any atom is 0.139 e. The molecule has 0 unspecified atom stereocenters. The van der Waals surface area contributed by atoms with E-state index in [2.05, 4.69) is 42.9 Å². The van der Waals surface area contributed by atoms with Gasteiger partial charge in [0.2, 0.25) is 0 Å². The zero-order chi connectivity index (χ0) is 12.4. The van der Waals surface area contributed by atoms with E-state index in [4.69, 9.17) is 0 Å². The van der Waals surface area contributed by atoms with Gasteiger partial charge in [0.25, 0.3) is 0 Å². The Labute approximate surface area is 115 Å². The van der Waals surface area contributed by atoms with E-state index in [1.807, 2.05) is 12.1 Å². The van der Waals surface area contributed by atoms with Gasteiger partial charge in [-0.2, -0.15) is 0 Å². The summed E-state index contributed by atoms with van der Waals surface area (Å²) in [5.74, 6) is 1.91. The number of benzene rings is 1. The van der Waals surface area contributed by atoms with Gasteiger partial charge in [0.1, 0.15) is 12.1 Å². The molecule has 2 heterocycles. The predicted molar refractivity (Wildman–Crippen MR) is 78.3 cm³/mol. The van der Waals surface area contributed by atoms with Crippen molar-refractivity contribution in [2.45, 2.75) is 12.8 Å². The fraction of sp³-hybridized carbons (Fsp3) is 0.429. The van der Waals surface area contributed by atoms with Gasteiger partial charge in [-0.25, -0.2) is 9.97 Å². The number of anilines is 1. The third-order valence-electron chi connectivity index (χ3n) is 3.65. The minimum Gasteiger partial charge on any atom is -0.356 e. The molecule has 2 aromatic rings. The van der Waals surface area contributed by atoms with Crippen LogP contribution in [0, 0.1) is 5.92 Å². The lowest BCUT2D eigenvalue weighted by Gasteiger charge is -2.32. The Morgan fingerprint density at radius 3 is 2.72 bits per heavy atom. The van der Waals surface area contributed by atoms with Crippen LogP contribution in [-0.4, -0.2) is 28.4 Å². The summed E-state index contributed by atoms with van der Waals surface area (Å²) in [5.41, 5.74) is 1.03. The fourth-order valence-corrected chi connectivity index (χ4v) is 3.19. The van der Waals surface area contributed by atoms with Crippen LogP contribution in [0.2, 0.25) is 0 Å². The summed E-state index contributed by atoms with van der Waals surface area (Å²) in [7, 11) is 0. The van der Waals surface area contributed by atoms with Gasteiger partial charge in [-0.1, -0.05) is 28.1 Å². The van der Waals surface area contributed by atoms with Crippen LogP contribution < -0.4 is 4.90 Å². The van der Waals surface area contributed by atoms with Crippen LogP contribution in [0.3, 0.4) is 0 Å². The zero-order valence-corrected chi connectivity index (χ0v) is 11.8. The van der Waals surface area contributed by atoms with Crippen molar-refractivity contribution in [2.24, 2.45) is 5.92 Å². The second-order valence-corrected chi connectivity index (χ2v) is 5.45. The van der Waals surface area contributed by atoms with E-state index < -0.39 is 0 Å². The van der Waals surface area contributed by atoms with Crippen molar-refractivity contribution in [1.82, 2.24) is 9.97 Å². The summed E-state index contributed by atoms with van der Waals surface area (Å²) in [4.78, 5) is 11.2. The molecule has 0 radical (unpaired) electrons. The van der Waals surface area contributed by atoms with Crippen molar-refractivity contribution in [1.29, 1.82) is 0 Å². The first-order chi connectivity index (χ1) is 8.88. The van der Waals surface area contributed by atoms with E-state index >= 15 is 0 Å².